The number of hydrogen-bond donors (Lipinski definition) is 2. The zero-order valence-corrected chi connectivity index (χ0v) is 13.0. The molecule has 3 heteroatoms. The second kappa shape index (κ2) is 5.58. The molecule has 2 aliphatic rings. The minimum Gasteiger partial charge on any atom is -0.512 e. The molecule has 0 aromatic rings. The summed E-state index contributed by atoms with van der Waals surface area (Å²) in [5.74, 6) is 0.963. The molecule has 0 heterocycles. The molecule has 104 valence electrons. The van der Waals surface area contributed by atoms with Gasteiger partial charge in [-0.25, -0.2) is 0 Å². The average Bonchev–Trinajstić information content (AvgIpc) is 2.27. The molecule has 2 aliphatic carbocycles. The molecule has 0 saturated heterocycles. The van der Waals surface area contributed by atoms with Gasteiger partial charge in [-0.15, -0.1) is 0 Å². The fraction of sp³-hybridized carbons (Fsp3) is 0.500. The molecule has 0 spiro atoms. The zero-order valence-electron chi connectivity index (χ0n) is 11.4. The maximum Gasteiger partial charge on any atom is 0.116 e. The highest BCUT2D eigenvalue weighted by molar-refractivity contribution is 9.09. The molecule has 0 aromatic carbocycles. The Morgan fingerprint density at radius 2 is 2.05 bits per heavy atom. The lowest BCUT2D eigenvalue weighted by atomic mass is 9.69. The summed E-state index contributed by atoms with van der Waals surface area (Å²) in [7, 11) is 0. The summed E-state index contributed by atoms with van der Waals surface area (Å²) in [6.07, 6.45) is 7.65. The number of aliphatic hydroxyl groups excluding tert-OH is 2. The van der Waals surface area contributed by atoms with Crippen molar-refractivity contribution in [2.45, 2.75) is 31.5 Å². The van der Waals surface area contributed by atoms with Crippen molar-refractivity contribution in [3.63, 3.8) is 0 Å². The van der Waals surface area contributed by atoms with Crippen molar-refractivity contribution in [1.29, 1.82) is 0 Å². The summed E-state index contributed by atoms with van der Waals surface area (Å²) >= 11 is 3.57. The number of allylic oxidation sites excluding steroid dienone is 6. The molecule has 0 aliphatic heterocycles. The summed E-state index contributed by atoms with van der Waals surface area (Å²) in [6, 6.07) is 0. The van der Waals surface area contributed by atoms with Gasteiger partial charge in [0.2, 0.25) is 0 Å². The van der Waals surface area contributed by atoms with Crippen LogP contribution in [0.5, 0.6) is 0 Å². The maximum atomic E-state index is 10.2. The van der Waals surface area contributed by atoms with Gasteiger partial charge in [0, 0.05) is 16.8 Å². The van der Waals surface area contributed by atoms with E-state index < -0.39 is 0 Å². The fourth-order valence-electron chi connectivity index (χ4n) is 3.17. The van der Waals surface area contributed by atoms with E-state index in [2.05, 4.69) is 42.4 Å². The smallest absolute Gasteiger partial charge is 0.116 e. The molecule has 2 N–H and O–H groups in total. The fourth-order valence-corrected chi connectivity index (χ4v) is 4.06. The SMILES string of the molecule is C=C(C)[C@@H]1CCC(C)=C[C@H]1C1C(O)=CC(O)=CC1Br. The lowest BCUT2D eigenvalue weighted by molar-refractivity contribution is 0.234. The van der Waals surface area contributed by atoms with E-state index >= 15 is 0 Å². The molecule has 0 radical (unpaired) electrons. The molecule has 2 nitrogen and oxygen atoms in total. The molecule has 4 atom stereocenters. The Morgan fingerprint density at radius 1 is 1.37 bits per heavy atom. The summed E-state index contributed by atoms with van der Waals surface area (Å²) in [5, 5.41) is 19.8. The number of rotatable bonds is 2. The minimum atomic E-state index is -0.0495. The van der Waals surface area contributed by atoms with Crippen LogP contribution in [-0.2, 0) is 0 Å². The molecule has 0 bridgehead atoms. The molecule has 0 amide bonds. The van der Waals surface area contributed by atoms with Crippen LogP contribution in [0.1, 0.15) is 26.7 Å². The van der Waals surface area contributed by atoms with Gasteiger partial charge in [0.1, 0.15) is 11.5 Å². The standard InChI is InChI=1S/C16H21BrO2/c1-9(2)12-5-4-10(3)6-13(12)16-14(17)7-11(18)8-15(16)19/h6-8,12-14,16,18-19H,1,4-5H2,2-3H3/t12-,13+,14?,16?/m0/s1. The summed E-state index contributed by atoms with van der Waals surface area (Å²) in [5.41, 5.74) is 2.54. The first-order valence-corrected chi connectivity index (χ1v) is 7.60. The zero-order chi connectivity index (χ0) is 14.2. The van der Waals surface area contributed by atoms with E-state index in [1.165, 1.54) is 17.2 Å². The van der Waals surface area contributed by atoms with E-state index in [4.69, 9.17) is 0 Å². The Bertz CT molecular complexity index is 473. The summed E-state index contributed by atoms with van der Waals surface area (Å²) in [6.45, 7) is 8.31. The van der Waals surface area contributed by atoms with E-state index in [1.807, 2.05) is 0 Å². The lowest BCUT2D eigenvalue weighted by Crippen LogP contribution is -2.33. The van der Waals surface area contributed by atoms with Crippen LogP contribution < -0.4 is 0 Å². The molecule has 2 rings (SSSR count). The van der Waals surface area contributed by atoms with Crippen molar-refractivity contribution in [3.8, 4) is 0 Å². The predicted molar refractivity (Wildman–Crippen MR) is 82.4 cm³/mol. The van der Waals surface area contributed by atoms with Crippen molar-refractivity contribution >= 4 is 15.9 Å². The first-order chi connectivity index (χ1) is 8.90. The topological polar surface area (TPSA) is 40.5 Å². The first-order valence-electron chi connectivity index (χ1n) is 6.68. The number of halogens is 1. The quantitative estimate of drug-likeness (QED) is 0.565. The van der Waals surface area contributed by atoms with Crippen LogP contribution in [0, 0.1) is 17.8 Å². The Morgan fingerprint density at radius 3 is 2.63 bits per heavy atom. The summed E-state index contributed by atoms with van der Waals surface area (Å²) in [4.78, 5) is -0.0495. The molecule has 19 heavy (non-hydrogen) atoms. The van der Waals surface area contributed by atoms with Crippen molar-refractivity contribution < 1.29 is 10.2 Å². The Kier molecular flexibility index (Phi) is 4.24. The number of alkyl halides is 1. The average molecular weight is 325 g/mol. The van der Waals surface area contributed by atoms with Crippen LogP contribution in [0.2, 0.25) is 0 Å². The second-order valence-corrected chi connectivity index (χ2v) is 6.77. The van der Waals surface area contributed by atoms with Gasteiger partial charge in [-0.3, -0.25) is 0 Å². The van der Waals surface area contributed by atoms with Crippen LogP contribution in [0.3, 0.4) is 0 Å². The van der Waals surface area contributed by atoms with Crippen molar-refractivity contribution in [2.75, 3.05) is 0 Å². The van der Waals surface area contributed by atoms with Crippen molar-refractivity contribution in [3.05, 3.63) is 47.5 Å². The van der Waals surface area contributed by atoms with Crippen LogP contribution in [0.25, 0.3) is 0 Å². The third kappa shape index (κ3) is 2.97. The largest absolute Gasteiger partial charge is 0.512 e. The Labute approximate surface area is 123 Å². The molecule has 0 saturated carbocycles. The number of aliphatic hydroxyl groups is 2. The molecule has 0 fully saturated rings. The lowest BCUT2D eigenvalue weighted by Gasteiger charge is -2.38. The van der Waals surface area contributed by atoms with Crippen LogP contribution in [-0.4, -0.2) is 15.0 Å². The van der Waals surface area contributed by atoms with Gasteiger partial charge in [0.25, 0.3) is 0 Å². The van der Waals surface area contributed by atoms with Crippen molar-refractivity contribution in [2.24, 2.45) is 17.8 Å². The van der Waals surface area contributed by atoms with Gasteiger partial charge in [-0.05, 0) is 44.6 Å². The van der Waals surface area contributed by atoms with E-state index in [9.17, 15) is 10.2 Å². The third-order valence-corrected chi connectivity index (χ3v) is 4.98. The van der Waals surface area contributed by atoms with E-state index in [0.29, 0.717) is 5.92 Å². The van der Waals surface area contributed by atoms with E-state index in [1.54, 1.807) is 6.08 Å². The van der Waals surface area contributed by atoms with E-state index in [-0.39, 0.29) is 28.2 Å². The molecular formula is C16H21BrO2. The Hall–Kier alpha value is -0.960. The molecule has 0 aromatic heterocycles. The monoisotopic (exact) mass is 324 g/mol. The number of hydrogen-bond acceptors (Lipinski definition) is 2. The second-order valence-electron chi connectivity index (χ2n) is 5.71. The predicted octanol–water partition coefficient (Wildman–Crippen LogP) is 4.81. The van der Waals surface area contributed by atoms with Gasteiger partial charge in [0.15, 0.2) is 0 Å². The summed E-state index contributed by atoms with van der Waals surface area (Å²) < 4.78 is 0. The van der Waals surface area contributed by atoms with Crippen LogP contribution >= 0.6 is 15.9 Å². The van der Waals surface area contributed by atoms with Crippen LogP contribution in [0.4, 0.5) is 0 Å². The normalized spacial score (nSPS) is 35.2. The molecular weight excluding hydrogens is 304 g/mol. The highest BCUT2D eigenvalue weighted by Gasteiger charge is 2.38. The molecule has 2 unspecified atom stereocenters. The third-order valence-electron chi connectivity index (χ3n) is 4.15. The van der Waals surface area contributed by atoms with Crippen molar-refractivity contribution in [1.82, 2.24) is 0 Å². The highest BCUT2D eigenvalue weighted by Crippen LogP contribution is 2.44. The van der Waals surface area contributed by atoms with Gasteiger partial charge < -0.3 is 10.2 Å². The Balaban J connectivity index is 2.35. The van der Waals surface area contributed by atoms with Gasteiger partial charge >= 0.3 is 0 Å². The van der Waals surface area contributed by atoms with Gasteiger partial charge in [-0.2, -0.15) is 0 Å². The van der Waals surface area contributed by atoms with Crippen LogP contribution in [0.15, 0.2) is 47.5 Å². The minimum absolute atomic E-state index is 0.0344. The van der Waals surface area contributed by atoms with Gasteiger partial charge in [0.05, 0.1) is 0 Å². The highest BCUT2D eigenvalue weighted by atomic mass is 79.9. The maximum absolute atomic E-state index is 10.2. The first kappa shape index (κ1) is 14.4. The van der Waals surface area contributed by atoms with Gasteiger partial charge in [-0.1, -0.05) is 39.7 Å². The van der Waals surface area contributed by atoms with E-state index in [0.717, 1.165) is 12.8 Å².